The zero-order chi connectivity index (χ0) is 15.0. The SMILES string of the molecule is C1=NCCO1.NCCO.O=S(=O)(O)O.c1ccsc1. The molecule has 5 N–H and O–H groups in total. The lowest BCUT2D eigenvalue weighted by Crippen LogP contribution is -2.02. The van der Waals surface area contributed by atoms with Crippen molar-refractivity contribution in [2.75, 3.05) is 26.3 Å². The summed E-state index contributed by atoms with van der Waals surface area (Å²) in [5, 5.41) is 11.8. The maximum absolute atomic E-state index is 8.74. The van der Waals surface area contributed by atoms with E-state index in [1.54, 1.807) is 11.3 Å². The molecule has 2 heterocycles. The maximum atomic E-state index is 8.74. The van der Waals surface area contributed by atoms with E-state index in [4.69, 9.17) is 28.4 Å². The quantitative estimate of drug-likeness (QED) is 0.537. The Labute approximate surface area is 116 Å². The molecule has 1 aliphatic heterocycles. The van der Waals surface area contributed by atoms with Gasteiger partial charge in [0.1, 0.15) is 6.61 Å². The number of thiophene rings is 1. The van der Waals surface area contributed by atoms with E-state index in [9.17, 15) is 0 Å². The van der Waals surface area contributed by atoms with E-state index in [0.717, 1.165) is 13.2 Å². The molecule has 0 atom stereocenters. The van der Waals surface area contributed by atoms with E-state index >= 15 is 0 Å². The highest BCUT2D eigenvalue weighted by molar-refractivity contribution is 7.79. The molecule has 0 spiro atoms. The fraction of sp³-hybridized carbons (Fsp3) is 0.444. The number of aliphatic imine (C=N–C) groups is 1. The third kappa shape index (κ3) is 38.3. The van der Waals surface area contributed by atoms with Gasteiger partial charge in [0, 0.05) is 6.54 Å². The molecule has 0 radical (unpaired) electrons. The van der Waals surface area contributed by atoms with Gasteiger partial charge in [0.15, 0.2) is 6.40 Å². The Morgan fingerprint density at radius 1 is 1.32 bits per heavy atom. The summed E-state index contributed by atoms with van der Waals surface area (Å²) in [6.45, 7) is 2.10. The Bertz CT molecular complexity index is 346. The molecule has 0 saturated carbocycles. The summed E-state index contributed by atoms with van der Waals surface area (Å²) < 4.78 is 36.2. The van der Waals surface area contributed by atoms with Crippen LogP contribution in [0.1, 0.15) is 0 Å². The molecule has 0 bridgehead atoms. The minimum atomic E-state index is -4.67. The van der Waals surface area contributed by atoms with Crippen molar-refractivity contribution in [2.45, 2.75) is 0 Å². The number of hydrogen-bond acceptors (Lipinski definition) is 7. The van der Waals surface area contributed by atoms with Crippen molar-refractivity contribution in [2.24, 2.45) is 10.7 Å². The second-order valence-electron chi connectivity index (χ2n) is 2.64. The van der Waals surface area contributed by atoms with Gasteiger partial charge < -0.3 is 15.6 Å². The molecule has 1 aliphatic rings. The van der Waals surface area contributed by atoms with Crippen molar-refractivity contribution < 1.29 is 27.4 Å². The third-order valence-electron chi connectivity index (χ3n) is 1.04. The fourth-order valence-corrected chi connectivity index (χ4v) is 0.944. The zero-order valence-corrected chi connectivity index (χ0v) is 11.8. The van der Waals surface area contributed by atoms with Crippen molar-refractivity contribution >= 4 is 28.1 Å². The van der Waals surface area contributed by atoms with Crippen LogP contribution in [0.5, 0.6) is 0 Å². The first-order chi connectivity index (χ1) is 8.91. The average molecular weight is 314 g/mol. The van der Waals surface area contributed by atoms with Crippen LogP contribution in [0.25, 0.3) is 0 Å². The van der Waals surface area contributed by atoms with Crippen LogP contribution in [0.3, 0.4) is 0 Å². The molecule has 0 amide bonds. The van der Waals surface area contributed by atoms with E-state index in [0.29, 0.717) is 6.54 Å². The van der Waals surface area contributed by atoms with Crippen LogP contribution < -0.4 is 5.73 Å². The Hall–Kier alpha value is -1.04. The Morgan fingerprint density at radius 2 is 1.79 bits per heavy atom. The van der Waals surface area contributed by atoms with Crippen molar-refractivity contribution in [3.8, 4) is 0 Å². The highest BCUT2D eigenvalue weighted by atomic mass is 32.3. The lowest BCUT2D eigenvalue weighted by molar-refractivity contribution is 0.306. The number of aliphatic hydroxyl groups excluding tert-OH is 1. The van der Waals surface area contributed by atoms with Crippen molar-refractivity contribution in [1.82, 2.24) is 0 Å². The van der Waals surface area contributed by atoms with Gasteiger partial charge in [-0.25, -0.2) is 0 Å². The lowest BCUT2D eigenvalue weighted by atomic mass is 10.7. The summed E-state index contributed by atoms with van der Waals surface area (Å²) in [6, 6.07) is 4.04. The Kier molecular flexibility index (Phi) is 16.0. The van der Waals surface area contributed by atoms with E-state index in [1.807, 2.05) is 22.9 Å². The van der Waals surface area contributed by atoms with Gasteiger partial charge in [0.05, 0.1) is 13.2 Å². The molecule has 1 aromatic rings. The maximum Gasteiger partial charge on any atom is 0.394 e. The first kappa shape index (κ1) is 20.3. The minimum Gasteiger partial charge on any atom is -0.482 e. The van der Waals surface area contributed by atoms with Crippen molar-refractivity contribution in [3.05, 3.63) is 22.9 Å². The van der Waals surface area contributed by atoms with Gasteiger partial charge in [0.25, 0.3) is 0 Å². The largest absolute Gasteiger partial charge is 0.482 e. The Balaban J connectivity index is 0. The molecule has 0 saturated heterocycles. The topological polar surface area (TPSA) is 142 Å². The molecule has 19 heavy (non-hydrogen) atoms. The van der Waals surface area contributed by atoms with E-state index in [-0.39, 0.29) is 6.61 Å². The highest BCUT2D eigenvalue weighted by Crippen LogP contribution is 1.91. The molecular weight excluding hydrogens is 296 g/mol. The minimum absolute atomic E-state index is 0.0972. The van der Waals surface area contributed by atoms with Gasteiger partial charge in [-0.2, -0.15) is 19.8 Å². The normalized spacial score (nSPS) is 11.8. The monoisotopic (exact) mass is 314 g/mol. The predicted octanol–water partition coefficient (Wildman–Crippen LogP) is 0.0776. The first-order valence-corrected chi connectivity index (χ1v) is 7.33. The van der Waals surface area contributed by atoms with Crippen LogP contribution in [0.2, 0.25) is 0 Å². The Morgan fingerprint density at radius 3 is 1.89 bits per heavy atom. The molecule has 112 valence electrons. The second kappa shape index (κ2) is 15.0. The second-order valence-corrected chi connectivity index (χ2v) is 4.35. The molecule has 0 fully saturated rings. The van der Waals surface area contributed by atoms with E-state index in [1.165, 1.54) is 6.40 Å². The summed E-state index contributed by atoms with van der Waals surface area (Å²) in [4.78, 5) is 3.74. The molecule has 1 aromatic heterocycles. The van der Waals surface area contributed by atoms with Gasteiger partial charge >= 0.3 is 10.4 Å². The molecule has 0 aromatic carbocycles. The fourth-order valence-electron chi connectivity index (χ4n) is 0.490. The summed E-state index contributed by atoms with van der Waals surface area (Å²) in [6.07, 6.45) is 1.49. The standard InChI is InChI=1S/C4H4S.C3H5NO.C2H7NO.H2O4S/c1-2-4-5-3-1;1-2-5-3-4-1;3-1-2-4;1-5(2,3)4/h1-4H;3H,1-2H2;4H,1-3H2;(H2,1,2,3,4). The summed E-state index contributed by atoms with van der Waals surface area (Å²) in [5.41, 5.74) is 4.78. The summed E-state index contributed by atoms with van der Waals surface area (Å²) in [7, 11) is -4.67. The van der Waals surface area contributed by atoms with E-state index < -0.39 is 10.4 Å². The summed E-state index contributed by atoms with van der Waals surface area (Å²) >= 11 is 1.71. The molecule has 0 unspecified atom stereocenters. The van der Waals surface area contributed by atoms with Gasteiger partial charge in [-0.15, -0.1) is 0 Å². The van der Waals surface area contributed by atoms with Crippen LogP contribution in [0.4, 0.5) is 0 Å². The van der Waals surface area contributed by atoms with E-state index in [2.05, 4.69) is 9.73 Å². The third-order valence-corrected chi connectivity index (χ3v) is 1.67. The van der Waals surface area contributed by atoms with Gasteiger partial charge in [-0.1, -0.05) is 12.1 Å². The van der Waals surface area contributed by atoms with Crippen LogP contribution >= 0.6 is 11.3 Å². The highest BCUT2D eigenvalue weighted by Gasteiger charge is 1.85. The van der Waals surface area contributed by atoms with Crippen LogP contribution in [0.15, 0.2) is 27.9 Å². The number of ether oxygens (including phenoxy) is 1. The predicted molar refractivity (Wildman–Crippen MR) is 73.9 cm³/mol. The number of nitrogens with zero attached hydrogens (tertiary/aromatic N) is 1. The molecule has 10 heteroatoms. The van der Waals surface area contributed by atoms with Crippen molar-refractivity contribution in [1.29, 1.82) is 0 Å². The average Bonchev–Trinajstić information content (AvgIpc) is 3.03. The van der Waals surface area contributed by atoms with Gasteiger partial charge in [0.2, 0.25) is 0 Å². The van der Waals surface area contributed by atoms with Crippen LogP contribution in [-0.4, -0.2) is 55.3 Å². The number of rotatable bonds is 1. The molecule has 0 aliphatic carbocycles. The summed E-state index contributed by atoms with van der Waals surface area (Å²) in [5.74, 6) is 0. The van der Waals surface area contributed by atoms with Gasteiger partial charge in [-0.05, 0) is 10.8 Å². The first-order valence-electron chi connectivity index (χ1n) is 4.99. The lowest BCUT2D eigenvalue weighted by Gasteiger charge is -1.76. The molecule has 8 nitrogen and oxygen atoms in total. The number of aliphatic hydroxyl groups is 1. The van der Waals surface area contributed by atoms with Gasteiger partial charge in [-0.3, -0.25) is 14.1 Å². The van der Waals surface area contributed by atoms with Crippen LogP contribution in [0, 0.1) is 0 Å². The number of hydrogen-bond donors (Lipinski definition) is 4. The molecular formula is C9H18N2O6S2. The number of nitrogens with two attached hydrogens (primary N) is 1. The van der Waals surface area contributed by atoms with Crippen molar-refractivity contribution in [3.63, 3.8) is 0 Å². The van der Waals surface area contributed by atoms with Crippen LogP contribution in [-0.2, 0) is 15.1 Å². The zero-order valence-electron chi connectivity index (χ0n) is 10.1. The molecule has 2 rings (SSSR count). The smallest absolute Gasteiger partial charge is 0.394 e.